The lowest BCUT2D eigenvalue weighted by Crippen LogP contribution is -2.11. The molecular weight excluding hydrogens is 374 g/mol. The number of nitriles is 1. The lowest BCUT2D eigenvalue weighted by atomic mass is 10.1. The first-order valence-electron chi connectivity index (χ1n) is 8.60. The second kappa shape index (κ2) is 7.59. The Kier molecular flexibility index (Phi) is 4.84. The van der Waals surface area contributed by atoms with Gasteiger partial charge in [0, 0.05) is 16.1 Å². The molecule has 0 aliphatic heterocycles. The average molecular weight is 388 g/mol. The number of benzene rings is 3. The van der Waals surface area contributed by atoms with E-state index >= 15 is 0 Å². The maximum absolute atomic E-state index is 13.1. The van der Waals surface area contributed by atoms with Gasteiger partial charge in [-0.05, 0) is 24.3 Å². The average Bonchev–Trinajstić information content (AvgIpc) is 2.74. The van der Waals surface area contributed by atoms with Crippen molar-refractivity contribution in [3.8, 4) is 23.1 Å². The van der Waals surface area contributed by atoms with Crippen molar-refractivity contribution in [1.82, 2.24) is 0 Å². The van der Waals surface area contributed by atoms with Gasteiger partial charge in [-0.2, -0.15) is 5.26 Å². The van der Waals surface area contributed by atoms with Crippen molar-refractivity contribution >= 4 is 22.6 Å². The molecule has 5 heteroatoms. The van der Waals surface area contributed by atoms with Crippen LogP contribution in [0.5, 0.6) is 5.75 Å². The summed E-state index contributed by atoms with van der Waals surface area (Å²) in [5.74, 6) is 0.434. The highest BCUT2D eigenvalue weighted by Crippen LogP contribution is 2.32. The van der Waals surface area contributed by atoms with E-state index in [1.54, 1.807) is 36.4 Å². The summed E-state index contributed by atoms with van der Waals surface area (Å²) < 4.78 is 11.9. The van der Waals surface area contributed by atoms with Crippen molar-refractivity contribution in [2.24, 2.45) is 0 Å². The van der Waals surface area contributed by atoms with Crippen LogP contribution in [0.15, 0.2) is 82.0 Å². The van der Waals surface area contributed by atoms with E-state index in [4.69, 9.17) is 20.8 Å². The van der Waals surface area contributed by atoms with Crippen LogP contribution in [0.25, 0.3) is 22.3 Å². The molecule has 28 heavy (non-hydrogen) atoms. The van der Waals surface area contributed by atoms with Crippen molar-refractivity contribution in [3.05, 3.63) is 99.2 Å². The van der Waals surface area contributed by atoms with E-state index in [1.165, 1.54) is 0 Å². The second-order valence-corrected chi connectivity index (χ2v) is 6.59. The summed E-state index contributed by atoms with van der Waals surface area (Å²) in [5, 5.41) is 10.1. The summed E-state index contributed by atoms with van der Waals surface area (Å²) in [5.41, 5.74) is 2.03. The molecule has 136 valence electrons. The van der Waals surface area contributed by atoms with Gasteiger partial charge in [-0.3, -0.25) is 4.79 Å². The van der Waals surface area contributed by atoms with Gasteiger partial charge in [0.05, 0.1) is 17.0 Å². The largest absolute Gasteiger partial charge is 0.481 e. The first-order valence-corrected chi connectivity index (χ1v) is 8.98. The highest BCUT2D eigenvalue weighted by atomic mass is 35.5. The zero-order chi connectivity index (χ0) is 19.5. The van der Waals surface area contributed by atoms with Crippen molar-refractivity contribution in [2.45, 2.75) is 6.61 Å². The molecule has 4 aromatic rings. The lowest BCUT2D eigenvalue weighted by molar-refractivity contribution is 0.297. The van der Waals surface area contributed by atoms with Crippen molar-refractivity contribution < 1.29 is 9.15 Å². The van der Waals surface area contributed by atoms with Crippen molar-refractivity contribution in [2.75, 3.05) is 0 Å². The third-order valence-corrected chi connectivity index (χ3v) is 4.59. The summed E-state index contributed by atoms with van der Waals surface area (Å²) in [6.07, 6.45) is 0. The van der Waals surface area contributed by atoms with Gasteiger partial charge < -0.3 is 9.15 Å². The Hall–Kier alpha value is -3.55. The monoisotopic (exact) mass is 387 g/mol. The minimum Gasteiger partial charge on any atom is -0.481 e. The fraction of sp³-hybridized carbons (Fsp3) is 0.0435. The number of hydrogen-bond acceptors (Lipinski definition) is 4. The summed E-state index contributed by atoms with van der Waals surface area (Å²) >= 11 is 6.05. The van der Waals surface area contributed by atoms with E-state index < -0.39 is 0 Å². The van der Waals surface area contributed by atoms with Crippen LogP contribution >= 0.6 is 11.6 Å². The van der Waals surface area contributed by atoms with E-state index in [0.717, 1.165) is 5.56 Å². The molecule has 0 amide bonds. The van der Waals surface area contributed by atoms with E-state index in [2.05, 4.69) is 6.07 Å². The Labute approximate surface area is 166 Å². The molecule has 3 aromatic carbocycles. The van der Waals surface area contributed by atoms with Crippen LogP contribution in [0, 0.1) is 11.3 Å². The molecular formula is C23H14ClNO3. The molecule has 0 N–H and O–H groups in total. The Bertz CT molecular complexity index is 1260. The maximum atomic E-state index is 13.1. The Morgan fingerprint density at radius 2 is 1.75 bits per heavy atom. The van der Waals surface area contributed by atoms with Crippen LogP contribution in [-0.2, 0) is 6.61 Å². The van der Waals surface area contributed by atoms with Crippen LogP contribution in [0.1, 0.15) is 11.1 Å². The SMILES string of the molecule is N#Cc1ccccc1COc1c(-c2ccccc2)oc2ccc(Cl)cc2c1=O. The normalized spacial score (nSPS) is 10.6. The zero-order valence-corrected chi connectivity index (χ0v) is 15.4. The molecule has 0 unspecified atom stereocenters. The van der Waals surface area contributed by atoms with Crippen LogP contribution in [0.3, 0.4) is 0 Å². The number of rotatable bonds is 4. The van der Waals surface area contributed by atoms with Crippen molar-refractivity contribution in [3.63, 3.8) is 0 Å². The standard InChI is InChI=1S/C23H14ClNO3/c24-18-10-11-20-19(12-18)21(26)23(22(28-20)15-6-2-1-3-7-15)27-14-17-9-5-4-8-16(17)13-25/h1-12H,14H2. The van der Waals surface area contributed by atoms with Gasteiger partial charge in [0.25, 0.3) is 0 Å². The molecule has 0 radical (unpaired) electrons. The van der Waals surface area contributed by atoms with E-state index in [1.807, 2.05) is 36.4 Å². The third kappa shape index (κ3) is 3.36. The molecule has 0 atom stereocenters. The molecule has 0 aliphatic rings. The zero-order valence-electron chi connectivity index (χ0n) is 14.7. The molecule has 4 rings (SSSR count). The summed E-state index contributed by atoms with van der Waals surface area (Å²) in [6, 6.07) is 23.4. The molecule has 0 saturated carbocycles. The Morgan fingerprint density at radius 1 is 1.00 bits per heavy atom. The molecule has 0 bridgehead atoms. The molecule has 1 heterocycles. The fourth-order valence-corrected chi connectivity index (χ4v) is 3.14. The number of ether oxygens (including phenoxy) is 1. The van der Waals surface area contributed by atoms with Gasteiger partial charge >= 0.3 is 0 Å². The van der Waals surface area contributed by atoms with Gasteiger partial charge in [-0.15, -0.1) is 0 Å². The number of fused-ring (bicyclic) bond motifs is 1. The highest BCUT2D eigenvalue weighted by molar-refractivity contribution is 6.31. The topological polar surface area (TPSA) is 63.2 Å². The van der Waals surface area contributed by atoms with E-state index in [-0.39, 0.29) is 17.8 Å². The van der Waals surface area contributed by atoms with E-state index in [9.17, 15) is 10.1 Å². The van der Waals surface area contributed by atoms with Crippen LogP contribution in [0.4, 0.5) is 0 Å². The van der Waals surface area contributed by atoms with Gasteiger partial charge in [-0.25, -0.2) is 0 Å². The molecule has 0 spiro atoms. The van der Waals surface area contributed by atoms with Crippen LogP contribution in [0.2, 0.25) is 5.02 Å². The minimum atomic E-state index is -0.308. The molecule has 4 nitrogen and oxygen atoms in total. The number of halogens is 1. The summed E-state index contributed by atoms with van der Waals surface area (Å²) in [6.45, 7) is 0.0698. The highest BCUT2D eigenvalue weighted by Gasteiger charge is 2.18. The van der Waals surface area contributed by atoms with E-state index in [0.29, 0.717) is 32.9 Å². The fourth-order valence-electron chi connectivity index (χ4n) is 2.97. The molecule has 0 saturated heterocycles. The van der Waals surface area contributed by atoms with Crippen LogP contribution in [-0.4, -0.2) is 0 Å². The number of hydrogen-bond donors (Lipinski definition) is 0. The maximum Gasteiger partial charge on any atom is 0.235 e. The number of nitrogens with zero attached hydrogens (tertiary/aromatic N) is 1. The van der Waals surface area contributed by atoms with Crippen molar-refractivity contribution in [1.29, 1.82) is 5.26 Å². The summed E-state index contributed by atoms with van der Waals surface area (Å²) in [7, 11) is 0. The Balaban J connectivity index is 1.86. The predicted molar refractivity (Wildman–Crippen MR) is 108 cm³/mol. The Morgan fingerprint density at radius 3 is 2.54 bits per heavy atom. The second-order valence-electron chi connectivity index (χ2n) is 6.15. The summed E-state index contributed by atoms with van der Waals surface area (Å²) in [4.78, 5) is 13.1. The predicted octanol–water partition coefficient (Wildman–Crippen LogP) is 5.56. The lowest BCUT2D eigenvalue weighted by Gasteiger charge is -2.12. The first kappa shape index (κ1) is 17.8. The molecule has 0 fully saturated rings. The van der Waals surface area contributed by atoms with Gasteiger partial charge in [0.15, 0.2) is 5.76 Å². The quantitative estimate of drug-likeness (QED) is 0.459. The van der Waals surface area contributed by atoms with Gasteiger partial charge in [0.1, 0.15) is 12.2 Å². The minimum absolute atomic E-state index is 0.0698. The molecule has 1 aromatic heterocycles. The van der Waals surface area contributed by atoms with Gasteiger partial charge in [0.2, 0.25) is 11.2 Å². The first-order chi connectivity index (χ1) is 13.7. The van der Waals surface area contributed by atoms with Crippen LogP contribution < -0.4 is 10.2 Å². The van der Waals surface area contributed by atoms with Gasteiger partial charge in [-0.1, -0.05) is 60.1 Å². The smallest absolute Gasteiger partial charge is 0.235 e. The molecule has 0 aliphatic carbocycles. The third-order valence-electron chi connectivity index (χ3n) is 4.36.